The zero-order valence-electron chi connectivity index (χ0n) is 15.3. The number of pyridine rings is 1. The summed E-state index contributed by atoms with van der Waals surface area (Å²) in [4.78, 5) is 16.2. The molecule has 0 fully saturated rings. The Morgan fingerprint density at radius 1 is 1.00 bits per heavy atom. The van der Waals surface area contributed by atoms with Crippen molar-refractivity contribution >= 4 is 17.4 Å². The predicted molar refractivity (Wildman–Crippen MR) is 107 cm³/mol. The van der Waals surface area contributed by atoms with Gasteiger partial charge in [0.2, 0.25) is 0 Å². The first-order chi connectivity index (χ1) is 13.2. The van der Waals surface area contributed by atoms with Gasteiger partial charge in [-0.1, -0.05) is 37.3 Å². The fourth-order valence-electron chi connectivity index (χ4n) is 2.47. The molecule has 0 spiro atoms. The minimum absolute atomic E-state index is 0.101. The van der Waals surface area contributed by atoms with Crippen LogP contribution in [-0.4, -0.2) is 17.4 Å². The van der Waals surface area contributed by atoms with Crippen molar-refractivity contribution in [2.24, 2.45) is 0 Å². The van der Waals surface area contributed by atoms with E-state index in [9.17, 15) is 4.79 Å². The zero-order valence-corrected chi connectivity index (χ0v) is 15.3. The van der Waals surface area contributed by atoms with Gasteiger partial charge < -0.3 is 15.4 Å². The lowest BCUT2D eigenvalue weighted by Crippen LogP contribution is -2.24. The minimum atomic E-state index is -0.101. The Morgan fingerprint density at radius 3 is 2.44 bits per heavy atom. The van der Waals surface area contributed by atoms with Crippen molar-refractivity contribution in [3.05, 3.63) is 84.1 Å². The molecule has 0 aliphatic carbocycles. The van der Waals surface area contributed by atoms with Crippen molar-refractivity contribution < 1.29 is 9.53 Å². The summed E-state index contributed by atoms with van der Waals surface area (Å²) in [5, 5.41) is 6.05. The second kappa shape index (κ2) is 9.38. The van der Waals surface area contributed by atoms with Crippen LogP contribution in [0.3, 0.4) is 0 Å². The van der Waals surface area contributed by atoms with Crippen LogP contribution in [0.1, 0.15) is 29.3 Å². The molecular formula is C22H23N3O2. The molecule has 3 rings (SSSR count). The Labute approximate surface area is 159 Å². The Balaban J connectivity index is 1.54. The summed E-state index contributed by atoms with van der Waals surface area (Å²) in [5.41, 5.74) is 2.59. The Morgan fingerprint density at radius 2 is 1.78 bits per heavy atom. The molecule has 0 saturated carbocycles. The van der Waals surface area contributed by atoms with E-state index in [2.05, 4.69) is 15.6 Å². The van der Waals surface area contributed by atoms with Gasteiger partial charge in [0.25, 0.3) is 5.91 Å². The summed E-state index contributed by atoms with van der Waals surface area (Å²) in [5.74, 6) is 1.39. The van der Waals surface area contributed by atoms with Crippen LogP contribution >= 0.6 is 0 Å². The number of carbonyl (C=O) groups excluding carboxylic acids is 1. The Hall–Kier alpha value is -3.34. The molecule has 0 atom stereocenters. The first-order valence-electron chi connectivity index (χ1n) is 9.02. The fourth-order valence-corrected chi connectivity index (χ4v) is 2.47. The normalized spacial score (nSPS) is 10.3. The molecule has 0 aliphatic heterocycles. The topological polar surface area (TPSA) is 63.2 Å². The van der Waals surface area contributed by atoms with Crippen LogP contribution in [0, 0.1) is 0 Å². The molecule has 0 aliphatic rings. The highest BCUT2D eigenvalue weighted by molar-refractivity contribution is 5.94. The summed E-state index contributed by atoms with van der Waals surface area (Å²) in [6.45, 7) is 3.22. The van der Waals surface area contributed by atoms with E-state index in [0.717, 1.165) is 23.4 Å². The average molecular weight is 361 g/mol. The third kappa shape index (κ3) is 5.57. The molecule has 5 nitrogen and oxygen atoms in total. The van der Waals surface area contributed by atoms with Crippen LogP contribution in [0.2, 0.25) is 0 Å². The molecule has 0 radical (unpaired) electrons. The number of ether oxygens (including phenoxy) is 1. The molecule has 2 aromatic carbocycles. The van der Waals surface area contributed by atoms with Gasteiger partial charge in [-0.25, -0.2) is 4.98 Å². The van der Waals surface area contributed by atoms with E-state index in [1.807, 2.05) is 61.5 Å². The van der Waals surface area contributed by atoms with E-state index in [1.165, 1.54) is 0 Å². The quantitative estimate of drug-likeness (QED) is 0.618. The van der Waals surface area contributed by atoms with E-state index in [1.54, 1.807) is 18.3 Å². The van der Waals surface area contributed by atoms with Crippen LogP contribution in [0.15, 0.2) is 72.9 Å². The van der Waals surface area contributed by atoms with Gasteiger partial charge >= 0.3 is 0 Å². The summed E-state index contributed by atoms with van der Waals surface area (Å²) in [6.07, 6.45) is 2.48. The smallest absolute Gasteiger partial charge is 0.252 e. The third-order valence-corrected chi connectivity index (χ3v) is 3.94. The first kappa shape index (κ1) is 18.5. The van der Waals surface area contributed by atoms with E-state index in [0.29, 0.717) is 24.5 Å². The first-order valence-corrected chi connectivity index (χ1v) is 9.02. The summed E-state index contributed by atoms with van der Waals surface area (Å²) >= 11 is 0. The number of nitrogens with one attached hydrogen (secondary N) is 2. The molecule has 1 amide bonds. The van der Waals surface area contributed by atoms with Gasteiger partial charge in [-0.3, -0.25) is 4.79 Å². The molecule has 1 aromatic heterocycles. The number of nitrogens with zero attached hydrogens (tertiary/aromatic N) is 1. The Bertz CT molecular complexity index is 847. The summed E-state index contributed by atoms with van der Waals surface area (Å²) in [6, 6.07) is 21.3. The highest BCUT2D eigenvalue weighted by Gasteiger charge is 2.05. The van der Waals surface area contributed by atoms with Crippen LogP contribution in [-0.2, 0) is 6.61 Å². The number of carbonyl (C=O) groups is 1. The summed E-state index contributed by atoms with van der Waals surface area (Å²) < 4.78 is 5.78. The standard InChI is InChI=1S/C22H23N3O2/c1-2-14-23-22(26)18-8-13-21(24-15-18)25-19-9-11-20(12-10-19)27-16-17-6-4-3-5-7-17/h3-13,15H,2,14,16H2,1H3,(H,23,26)(H,24,25). The lowest BCUT2D eigenvalue weighted by Gasteiger charge is -2.09. The fraction of sp³-hybridized carbons (Fsp3) is 0.182. The van der Waals surface area contributed by atoms with Crippen molar-refractivity contribution in [3.8, 4) is 5.75 Å². The summed E-state index contributed by atoms with van der Waals surface area (Å²) in [7, 11) is 0. The predicted octanol–water partition coefficient (Wildman–Crippen LogP) is 4.54. The number of hydrogen-bond donors (Lipinski definition) is 2. The van der Waals surface area contributed by atoms with Gasteiger partial charge in [-0.15, -0.1) is 0 Å². The minimum Gasteiger partial charge on any atom is -0.489 e. The highest BCUT2D eigenvalue weighted by Crippen LogP contribution is 2.20. The van der Waals surface area contributed by atoms with Crippen LogP contribution in [0.25, 0.3) is 0 Å². The van der Waals surface area contributed by atoms with E-state index in [-0.39, 0.29) is 5.91 Å². The number of aromatic nitrogens is 1. The van der Waals surface area contributed by atoms with E-state index in [4.69, 9.17) is 4.74 Å². The SMILES string of the molecule is CCCNC(=O)c1ccc(Nc2ccc(OCc3ccccc3)cc2)nc1. The molecule has 0 bridgehead atoms. The molecule has 1 heterocycles. The van der Waals surface area contributed by atoms with Gasteiger partial charge in [-0.2, -0.15) is 0 Å². The van der Waals surface area contributed by atoms with Gasteiger partial charge in [0.1, 0.15) is 18.2 Å². The van der Waals surface area contributed by atoms with Crippen LogP contribution < -0.4 is 15.4 Å². The van der Waals surface area contributed by atoms with Gasteiger partial charge in [-0.05, 0) is 48.4 Å². The van der Waals surface area contributed by atoms with E-state index >= 15 is 0 Å². The molecule has 0 saturated heterocycles. The van der Waals surface area contributed by atoms with Gasteiger partial charge in [0.15, 0.2) is 0 Å². The molecule has 5 heteroatoms. The second-order valence-electron chi connectivity index (χ2n) is 6.11. The van der Waals surface area contributed by atoms with Crippen molar-refractivity contribution in [3.63, 3.8) is 0 Å². The molecule has 3 aromatic rings. The average Bonchev–Trinajstić information content (AvgIpc) is 2.73. The van der Waals surface area contributed by atoms with Crippen molar-refractivity contribution in [1.29, 1.82) is 0 Å². The van der Waals surface area contributed by atoms with Crippen molar-refractivity contribution in [2.45, 2.75) is 20.0 Å². The lowest BCUT2D eigenvalue weighted by molar-refractivity contribution is 0.0953. The van der Waals surface area contributed by atoms with Crippen LogP contribution in [0.5, 0.6) is 5.75 Å². The molecule has 2 N–H and O–H groups in total. The van der Waals surface area contributed by atoms with Crippen molar-refractivity contribution in [1.82, 2.24) is 10.3 Å². The molecule has 138 valence electrons. The number of benzene rings is 2. The second-order valence-corrected chi connectivity index (χ2v) is 6.11. The number of anilines is 2. The van der Waals surface area contributed by atoms with Gasteiger partial charge in [0, 0.05) is 18.4 Å². The maximum absolute atomic E-state index is 11.9. The van der Waals surface area contributed by atoms with Gasteiger partial charge in [0.05, 0.1) is 5.56 Å². The monoisotopic (exact) mass is 361 g/mol. The van der Waals surface area contributed by atoms with Crippen molar-refractivity contribution in [2.75, 3.05) is 11.9 Å². The Kier molecular flexibility index (Phi) is 6.41. The number of hydrogen-bond acceptors (Lipinski definition) is 4. The van der Waals surface area contributed by atoms with E-state index < -0.39 is 0 Å². The lowest BCUT2D eigenvalue weighted by atomic mass is 10.2. The molecular weight excluding hydrogens is 338 g/mol. The largest absolute Gasteiger partial charge is 0.489 e. The molecule has 27 heavy (non-hydrogen) atoms. The number of amides is 1. The zero-order chi connectivity index (χ0) is 18.9. The maximum atomic E-state index is 11.9. The highest BCUT2D eigenvalue weighted by atomic mass is 16.5. The number of rotatable bonds is 8. The maximum Gasteiger partial charge on any atom is 0.252 e. The van der Waals surface area contributed by atoms with Crippen LogP contribution in [0.4, 0.5) is 11.5 Å². The molecule has 0 unspecified atom stereocenters. The third-order valence-electron chi connectivity index (χ3n) is 3.94.